The van der Waals surface area contributed by atoms with Crippen LogP contribution in [0.25, 0.3) is 5.57 Å². The fourth-order valence-corrected chi connectivity index (χ4v) is 3.28. The van der Waals surface area contributed by atoms with Crippen LogP contribution in [0.5, 0.6) is 0 Å². The SMILES string of the molecule is N#C/C(=C\C1CNNC1c1ccccc1)c1ccc(Cl)cc1Cl. The highest BCUT2D eigenvalue weighted by atomic mass is 35.5. The Kier molecular flexibility index (Phi) is 5.00. The lowest BCUT2D eigenvalue weighted by atomic mass is 9.91. The van der Waals surface area contributed by atoms with Crippen molar-refractivity contribution in [3.8, 4) is 6.07 Å². The van der Waals surface area contributed by atoms with E-state index < -0.39 is 0 Å². The molecule has 0 bridgehead atoms. The zero-order valence-electron chi connectivity index (χ0n) is 12.3. The van der Waals surface area contributed by atoms with Crippen molar-refractivity contribution in [1.29, 1.82) is 5.26 Å². The second-order valence-electron chi connectivity index (χ2n) is 5.39. The Bertz CT molecular complexity index is 766. The van der Waals surface area contributed by atoms with Gasteiger partial charge in [-0.15, -0.1) is 0 Å². The van der Waals surface area contributed by atoms with Crippen LogP contribution in [0.15, 0.2) is 54.6 Å². The summed E-state index contributed by atoms with van der Waals surface area (Å²) in [4.78, 5) is 0. The molecular weight excluding hydrogens is 329 g/mol. The first-order chi connectivity index (χ1) is 11.2. The lowest BCUT2D eigenvalue weighted by Gasteiger charge is -2.16. The van der Waals surface area contributed by atoms with Crippen LogP contribution in [0.4, 0.5) is 0 Å². The van der Waals surface area contributed by atoms with Gasteiger partial charge in [0.2, 0.25) is 0 Å². The van der Waals surface area contributed by atoms with E-state index in [1.54, 1.807) is 18.2 Å². The van der Waals surface area contributed by atoms with Gasteiger partial charge in [-0.3, -0.25) is 5.43 Å². The maximum Gasteiger partial charge on any atom is 0.0995 e. The molecule has 1 aliphatic rings. The van der Waals surface area contributed by atoms with Gasteiger partial charge in [0.1, 0.15) is 0 Å². The molecule has 2 atom stereocenters. The van der Waals surface area contributed by atoms with Crippen molar-refractivity contribution in [1.82, 2.24) is 10.9 Å². The molecule has 0 radical (unpaired) electrons. The third kappa shape index (κ3) is 3.57. The average molecular weight is 344 g/mol. The largest absolute Gasteiger partial charge is 0.257 e. The number of allylic oxidation sites excluding steroid dienone is 1. The topological polar surface area (TPSA) is 47.9 Å². The summed E-state index contributed by atoms with van der Waals surface area (Å²) in [5.41, 5.74) is 8.88. The minimum absolute atomic E-state index is 0.116. The van der Waals surface area contributed by atoms with E-state index in [1.165, 1.54) is 5.56 Å². The van der Waals surface area contributed by atoms with Crippen molar-refractivity contribution in [2.75, 3.05) is 6.54 Å². The van der Waals surface area contributed by atoms with Crippen LogP contribution >= 0.6 is 23.2 Å². The first-order valence-electron chi connectivity index (χ1n) is 7.29. The van der Waals surface area contributed by atoms with Crippen LogP contribution in [-0.2, 0) is 0 Å². The molecule has 0 spiro atoms. The first kappa shape index (κ1) is 16.0. The Morgan fingerprint density at radius 1 is 1.17 bits per heavy atom. The molecule has 1 aliphatic heterocycles. The van der Waals surface area contributed by atoms with Crippen LogP contribution in [0.2, 0.25) is 10.0 Å². The summed E-state index contributed by atoms with van der Waals surface area (Å²) in [6.45, 7) is 0.746. The molecule has 0 amide bonds. The van der Waals surface area contributed by atoms with Crippen LogP contribution in [0.1, 0.15) is 17.2 Å². The average Bonchev–Trinajstić information content (AvgIpc) is 3.02. The Balaban J connectivity index is 1.93. The molecule has 1 saturated heterocycles. The van der Waals surface area contributed by atoms with Gasteiger partial charge in [0.25, 0.3) is 0 Å². The minimum Gasteiger partial charge on any atom is -0.257 e. The highest BCUT2D eigenvalue weighted by molar-refractivity contribution is 6.35. The Labute approximate surface area is 145 Å². The number of nitrogens with zero attached hydrogens (tertiary/aromatic N) is 1. The van der Waals surface area contributed by atoms with E-state index in [-0.39, 0.29) is 12.0 Å². The Hall–Kier alpha value is -1.83. The van der Waals surface area contributed by atoms with Gasteiger partial charge in [-0.05, 0) is 17.7 Å². The lowest BCUT2D eigenvalue weighted by molar-refractivity contribution is 0.540. The predicted octanol–water partition coefficient (Wildman–Crippen LogP) is 4.37. The molecule has 3 nitrogen and oxygen atoms in total. The number of rotatable bonds is 3. The predicted molar refractivity (Wildman–Crippen MR) is 93.9 cm³/mol. The van der Waals surface area contributed by atoms with E-state index in [2.05, 4.69) is 29.1 Å². The molecule has 5 heteroatoms. The Morgan fingerprint density at radius 3 is 2.65 bits per heavy atom. The third-order valence-electron chi connectivity index (χ3n) is 3.90. The first-order valence-corrected chi connectivity index (χ1v) is 8.05. The van der Waals surface area contributed by atoms with E-state index in [0.717, 1.165) is 6.54 Å². The smallest absolute Gasteiger partial charge is 0.0995 e. The van der Waals surface area contributed by atoms with E-state index in [9.17, 15) is 5.26 Å². The van der Waals surface area contributed by atoms with Gasteiger partial charge in [0, 0.05) is 23.0 Å². The van der Waals surface area contributed by atoms with E-state index >= 15 is 0 Å². The standard InChI is InChI=1S/C18H15Cl2N3/c19-15-6-7-16(17(20)9-15)13(10-21)8-14-11-22-23-18(14)12-4-2-1-3-5-12/h1-9,14,18,22-23H,11H2/b13-8+. The van der Waals surface area contributed by atoms with Crippen molar-refractivity contribution in [3.05, 3.63) is 75.8 Å². The van der Waals surface area contributed by atoms with Gasteiger partial charge < -0.3 is 0 Å². The number of halogens is 2. The molecule has 23 heavy (non-hydrogen) atoms. The van der Waals surface area contributed by atoms with Gasteiger partial charge in [-0.1, -0.05) is 65.7 Å². The van der Waals surface area contributed by atoms with Crippen molar-refractivity contribution in [3.63, 3.8) is 0 Å². The lowest BCUT2D eigenvalue weighted by Crippen LogP contribution is -2.24. The van der Waals surface area contributed by atoms with Crippen LogP contribution < -0.4 is 10.9 Å². The van der Waals surface area contributed by atoms with Crippen molar-refractivity contribution in [2.45, 2.75) is 6.04 Å². The number of hydrogen-bond donors (Lipinski definition) is 2. The highest BCUT2D eigenvalue weighted by Crippen LogP contribution is 2.31. The van der Waals surface area contributed by atoms with E-state index in [0.29, 0.717) is 21.2 Å². The second kappa shape index (κ2) is 7.16. The van der Waals surface area contributed by atoms with E-state index in [1.807, 2.05) is 24.3 Å². The fraction of sp³-hybridized carbons (Fsp3) is 0.167. The summed E-state index contributed by atoms with van der Waals surface area (Å²) >= 11 is 12.2. The molecule has 2 N–H and O–H groups in total. The maximum atomic E-state index is 9.54. The molecule has 2 aromatic carbocycles. The summed E-state index contributed by atoms with van der Waals surface area (Å²) in [6, 6.07) is 17.7. The molecule has 0 aromatic heterocycles. The van der Waals surface area contributed by atoms with Crippen LogP contribution in [0.3, 0.4) is 0 Å². The van der Waals surface area contributed by atoms with Gasteiger partial charge in [-0.25, -0.2) is 5.43 Å². The molecule has 3 rings (SSSR count). The van der Waals surface area contributed by atoms with Gasteiger partial charge in [0.05, 0.1) is 22.7 Å². The molecule has 1 fully saturated rings. The summed E-state index contributed by atoms with van der Waals surface area (Å²) in [5.74, 6) is 0.152. The monoisotopic (exact) mass is 343 g/mol. The number of nitriles is 1. The molecule has 0 saturated carbocycles. The number of benzene rings is 2. The van der Waals surface area contributed by atoms with Gasteiger partial charge >= 0.3 is 0 Å². The molecule has 1 heterocycles. The van der Waals surface area contributed by atoms with E-state index in [4.69, 9.17) is 23.2 Å². The van der Waals surface area contributed by atoms with Gasteiger partial charge in [-0.2, -0.15) is 5.26 Å². The van der Waals surface area contributed by atoms with Crippen molar-refractivity contribution in [2.24, 2.45) is 5.92 Å². The van der Waals surface area contributed by atoms with Crippen molar-refractivity contribution < 1.29 is 0 Å². The zero-order chi connectivity index (χ0) is 16.2. The quantitative estimate of drug-likeness (QED) is 0.813. The number of hydrogen-bond acceptors (Lipinski definition) is 3. The molecule has 2 aromatic rings. The molecule has 2 unspecified atom stereocenters. The number of hydrazine groups is 1. The van der Waals surface area contributed by atoms with Crippen LogP contribution in [-0.4, -0.2) is 6.54 Å². The fourth-order valence-electron chi connectivity index (χ4n) is 2.77. The second-order valence-corrected chi connectivity index (χ2v) is 6.24. The van der Waals surface area contributed by atoms with Gasteiger partial charge in [0.15, 0.2) is 0 Å². The summed E-state index contributed by atoms with van der Waals surface area (Å²) in [6.07, 6.45) is 1.97. The molecule has 0 aliphatic carbocycles. The number of nitrogens with one attached hydrogen (secondary N) is 2. The summed E-state index contributed by atoms with van der Waals surface area (Å²) in [5, 5.41) is 10.6. The zero-order valence-corrected chi connectivity index (χ0v) is 13.8. The Morgan fingerprint density at radius 2 is 1.96 bits per heavy atom. The summed E-state index contributed by atoms with van der Waals surface area (Å²) in [7, 11) is 0. The highest BCUT2D eigenvalue weighted by Gasteiger charge is 2.27. The minimum atomic E-state index is 0.116. The summed E-state index contributed by atoms with van der Waals surface area (Å²) < 4.78 is 0. The third-order valence-corrected chi connectivity index (χ3v) is 4.45. The molecule has 116 valence electrons. The van der Waals surface area contributed by atoms with Crippen molar-refractivity contribution >= 4 is 28.8 Å². The normalized spacial score (nSPS) is 21.2. The maximum absolute atomic E-state index is 9.54. The molecular formula is C18H15Cl2N3. The van der Waals surface area contributed by atoms with Crippen LogP contribution in [0, 0.1) is 17.2 Å².